The van der Waals surface area contributed by atoms with Crippen molar-refractivity contribution in [2.75, 3.05) is 7.11 Å². The highest BCUT2D eigenvalue weighted by Gasteiger charge is 2.18. The number of carbonyl (C=O) groups excluding carboxylic acids is 2. The van der Waals surface area contributed by atoms with Crippen molar-refractivity contribution in [3.05, 3.63) is 111 Å². The van der Waals surface area contributed by atoms with Gasteiger partial charge in [0.05, 0.1) is 41.7 Å². The molecule has 0 unspecified atom stereocenters. The molecule has 0 N–H and O–H groups in total. The molecule has 0 spiro atoms. The number of imidazole rings is 1. The number of ether oxygens (including phenoxy) is 1. The van der Waals surface area contributed by atoms with Gasteiger partial charge in [0.15, 0.2) is 11.3 Å². The van der Waals surface area contributed by atoms with Crippen LogP contribution in [0.3, 0.4) is 0 Å². The molecule has 5 rings (SSSR count). The summed E-state index contributed by atoms with van der Waals surface area (Å²) in [5.41, 5.74) is 2.39. The number of aromatic nitrogens is 4. The minimum absolute atomic E-state index is 0.0917. The highest BCUT2D eigenvalue weighted by molar-refractivity contribution is 9.10. The number of carbonyl (C=O) groups is 2. The number of methoxy groups -OCH3 is 1. The molecule has 0 atom stereocenters. The summed E-state index contributed by atoms with van der Waals surface area (Å²) in [7, 11) is 1.60. The maximum atomic E-state index is 13.7. The molecule has 2 aromatic heterocycles. The zero-order valence-electron chi connectivity index (χ0n) is 19.7. The second kappa shape index (κ2) is 10.2. The van der Waals surface area contributed by atoms with E-state index >= 15 is 0 Å². The molecule has 10 heteroatoms. The van der Waals surface area contributed by atoms with E-state index < -0.39 is 5.91 Å². The molecule has 5 aromatic rings. The Morgan fingerprint density at radius 3 is 2.30 bits per heavy atom. The van der Waals surface area contributed by atoms with Gasteiger partial charge in [0, 0.05) is 15.0 Å². The molecular formula is C27H19Br2N5O3. The van der Waals surface area contributed by atoms with Crippen LogP contribution >= 0.6 is 31.9 Å². The van der Waals surface area contributed by atoms with Crippen molar-refractivity contribution in [3.8, 4) is 11.6 Å². The number of fused-ring (bicyclic) bond motifs is 1. The monoisotopic (exact) mass is 619 g/mol. The summed E-state index contributed by atoms with van der Waals surface area (Å²) in [6.45, 7) is 1.85. The Morgan fingerprint density at radius 2 is 1.62 bits per heavy atom. The average molecular weight is 621 g/mol. The third-order valence-electron chi connectivity index (χ3n) is 5.71. The molecule has 184 valence electrons. The fourth-order valence-corrected chi connectivity index (χ4v) is 4.83. The van der Waals surface area contributed by atoms with E-state index in [1.54, 1.807) is 55.8 Å². The predicted octanol–water partition coefficient (Wildman–Crippen LogP) is 5.49. The second-order valence-electron chi connectivity index (χ2n) is 8.00. The first-order valence-electron chi connectivity index (χ1n) is 11.1. The Bertz CT molecular complexity index is 1760. The number of halogens is 2. The van der Waals surface area contributed by atoms with Gasteiger partial charge in [0.1, 0.15) is 11.6 Å². The smallest absolute Gasteiger partial charge is 0.280 e. The molecule has 3 aromatic carbocycles. The summed E-state index contributed by atoms with van der Waals surface area (Å²) in [4.78, 5) is 40.2. The topological polar surface area (TPSA) is 91.4 Å². The molecule has 0 aliphatic rings. The van der Waals surface area contributed by atoms with Crippen molar-refractivity contribution in [1.29, 1.82) is 0 Å². The van der Waals surface area contributed by atoms with Crippen LogP contribution in [0.15, 0.2) is 93.1 Å². The number of rotatable bonds is 4. The van der Waals surface area contributed by atoms with Crippen LogP contribution in [0.4, 0.5) is 0 Å². The first-order valence-corrected chi connectivity index (χ1v) is 12.7. The van der Waals surface area contributed by atoms with Gasteiger partial charge in [-0.05, 0) is 75.2 Å². The molecule has 37 heavy (non-hydrogen) atoms. The maximum absolute atomic E-state index is 13.7. The molecule has 0 saturated carbocycles. The van der Waals surface area contributed by atoms with Crippen LogP contribution < -0.4 is 10.2 Å². The largest absolute Gasteiger partial charge is 0.497 e. The van der Waals surface area contributed by atoms with Gasteiger partial charge in [-0.1, -0.05) is 24.3 Å². The van der Waals surface area contributed by atoms with E-state index in [1.165, 1.54) is 10.8 Å². The lowest BCUT2D eigenvalue weighted by molar-refractivity contribution is 0.0952. The van der Waals surface area contributed by atoms with E-state index in [-0.39, 0.29) is 11.4 Å². The summed E-state index contributed by atoms with van der Waals surface area (Å²) >= 11 is 6.84. The SMILES string of the molecule is COc1ccc2c(c1)nc(C)n2-c1cn(C(=O)c2ccccc2Br)c(=NC(=O)c2ccccc2Br)cn1. The Balaban J connectivity index is 1.72. The van der Waals surface area contributed by atoms with E-state index in [2.05, 4.69) is 46.8 Å². The van der Waals surface area contributed by atoms with Gasteiger partial charge in [-0.15, -0.1) is 0 Å². The van der Waals surface area contributed by atoms with Gasteiger partial charge >= 0.3 is 0 Å². The molecule has 2 heterocycles. The normalized spacial score (nSPS) is 11.6. The van der Waals surface area contributed by atoms with Gasteiger partial charge in [0.25, 0.3) is 11.8 Å². The molecule has 0 bridgehead atoms. The predicted molar refractivity (Wildman–Crippen MR) is 146 cm³/mol. The van der Waals surface area contributed by atoms with Gasteiger partial charge in [-0.3, -0.25) is 18.7 Å². The van der Waals surface area contributed by atoms with E-state index in [0.717, 1.165) is 11.0 Å². The molecule has 0 fully saturated rings. The van der Waals surface area contributed by atoms with E-state index in [1.807, 2.05) is 35.8 Å². The summed E-state index contributed by atoms with van der Waals surface area (Å²) in [5.74, 6) is 0.914. The Hall–Kier alpha value is -3.89. The number of aryl methyl sites for hydroxylation is 1. The zero-order chi connectivity index (χ0) is 26.1. The summed E-state index contributed by atoms with van der Waals surface area (Å²) in [6.07, 6.45) is 2.97. The minimum Gasteiger partial charge on any atom is -0.497 e. The van der Waals surface area contributed by atoms with Crippen LogP contribution in [-0.4, -0.2) is 38.0 Å². The number of amides is 1. The van der Waals surface area contributed by atoms with Crippen molar-refractivity contribution in [2.45, 2.75) is 6.92 Å². The van der Waals surface area contributed by atoms with E-state index in [4.69, 9.17) is 4.74 Å². The molecule has 0 aliphatic carbocycles. The summed E-state index contributed by atoms with van der Waals surface area (Å²) < 4.78 is 9.70. The van der Waals surface area contributed by atoms with Crippen LogP contribution in [-0.2, 0) is 0 Å². The molecule has 0 aliphatic heterocycles. The van der Waals surface area contributed by atoms with Crippen molar-refractivity contribution < 1.29 is 14.3 Å². The van der Waals surface area contributed by atoms with Crippen molar-refractivity contribution in [1.82, 2.24) is 19.1 Å². The maximum Gasteiger partial charge on any atom is 0.280 e. The van der Waals surface area contributed by atoms with Crippen molar-refractivity contribution >= 4 is 54.7 Å². The molecule has 0 radical (unpaired) electrons. The van der Waals surface area contributed by atoms with Crippen LogP contribution in [0, 0.1) is 6.92 Å². The van der Waals surface area contributed by atoms with E-state index in [0.29, 0.717) is 37.5 Å². The second-order valence-corrected chi connectivity index (χ2v) is 9.71. The Kier molecular flexibility index (Phi) is 6.86. The standard InChI is InChI=1S/C27H19Br2N5O3/c1-16-31-22-13-17(37-2)11-12-23(22)34(16)25-15-33(27(36)19-8-4-6-10-21(19)29)24(14-30-25)32-26(35)18-7-3-5-9-20(18)28/h3-15H,1-2H3. The molecule has 0 saturated heterocycles. The zero-order valence-corrected chi connectivity index (χ0v) is 22.9. The van der Waals surface area contributed by atoms with Crippen LogP contribution in [0.1, 0.15) is 26.5 Å². The van der Waals surface area contributed by atoms with Gasteiger partial charge in [-0.25, -0.2) is 9.97 Å². The Labute approximate surface area is 228 Å². The number of hydrogen-bond donors (Lipinski definition) is 0. The van der Waals surface area contributed by atoms with Crippen molar-refractivity contribution in [2.24, 2.45) is 4.99 Å². The first-order chi connectivity index (χ1) is 17.9. The summed E-state index contributed by atoms with van der Waals surface area (Å²) in [5, 5.41) is 0. The highest BCUT2D eigenvalue weighted by atomic mass is 79.9. The first kappa shape index (κ1) is 24.8. The Morgan fingerprint density at radius 1 is 0.946 bits per heavy atom. The van der Waals surface area contributed by atoms with Crippen LogP contribution in [0.5, 0.6) is 5.75 Å². The number of hydrogen-bond acceptors (Lipinski definition) is 5. The lowest BCUT2D eigenvalue weighted by Gasteiger charge is -2.12. The molecule has 1 amide bonds. The third kappa shape index (κ3) is 4.77. The van der Waals surface area contributed by atoms with Gasteiger partial charge in [0.2, 0.25) is 0 Å². The van der Waals surface area contributed by atoms with Crippen LogP contribution in [0.2, 0.25) is 0 Å². The lowest BCUT2D eigenvalue weighted by Crippen LogP contribution is -2.30. The average Bonchev–Trinajstić information content (AvgIpc) is 3.23. The quantitative estimate of drug-likeness (QED) is 0.265. The minimum atomic E-state index is -0.507. The van der Waals surface area contributed by atoms with E-state index in [9.17, 15) is 9.59 Å². The van der Waals surface area contributed by atoms with Crippen LogP contribution in [0.25, 0.3) is 16.9 Å². The van der Waals surface area contributed by atoms with Gasteiger partial charge in [-0.2, -0.15) is 4.99 Å². The summed E-state index contributed by atoms with van der Waals surface area (Å²) in [6, 6.07) is 19.6. The number of benzene rings is 3. The fraction of sp³-hybridized carbons (Fsp3) is 0.0741. The van der Waals surface area contributed by atoms with Gasteiger partial charge < -0.3 is 4.74 Å². The lowest BCUT2D eigenvalue weighted by atomic mass is 10.2. The molecule has 8 nitrogen and oxygen atoms in total. The van der Waals surface area contributed by atoms with Crippen molar-refractivity contribution in [3.63, 3.8) is 0 Å². The molecular weight excluding hydrogens is 602 g/mol. The highest BCUT2D eigenvalue weighted by Crippen LogP contribution is 2.24. The third-order valence-corrected chi connectivity index (χ3v) is 7.09. The number of nitrogens with zero attached hydrogens (tertiary/aromatic N) is 5. The fourth-order valence-electron chi connectivity index (χ4n) is 3.92.